The van der Waals surface area contributed by atoms with Gasteiger partial charge in [0.15, 0.2) is 5.01 Å². The summed E-state index contributed by atoms with van der Waals surface area (Å²) in [5, 5.41) is 4.13. The fraction of sp³-hybridized carbons (Fsp3) is 0.0769. The number of hydrogen-bond donors (Lipinski definition) is 2. The highest BCUT2D eigenvalue weighted by atomic mass is 32.2. The maximum Gasteiger partial charge on any atom is 0.294 e. The summed E-state index contributed by atoms with van der Waals surface area (Å²) in [6.07, 6.45) is 1.55. The van der Waals surface area contributed by atoms with Gasteiger partial charge in [-0.3, -0.25) is 10.2 Å². The summed E-state index contributed by atoms with van der Waals surface area (Å²) in [6, 6.07) is 7.85. The number of benzene rings is 1. The first kappa shape index (κ1) is 13.9. The van der Waals surface area contributed by atoms with E-state index in [1.807, 2.05) is 29.6 Å². The number of nitrogen functional groups attached to an aromatic ring is 1. The number of carbonyl (C=O) groups is 1. The lowest BCUT2D eigenvalue weighted by Crippen LogP contribution is -2.29. The number of carbonyl (C=O) groups excluding carboxylic acids is 1. The zero-order valence-electron chi connectivity index (χ0n) is 10.8. The molecule has 8 heteroatoms. The van der Waals surface area contributed by atoms with E-state index in [-0.39, 0.29) is 5.91 Å². The number of amides is 1. The lowest BCUT2D eigenvalue weighted by molar-refractivity contribution is 0.0953. The van der Waals surface area contributed by atoms with Crippen molar-refractivity contribution in [1.29, 1.82) is 0 Å². The minimum atomic E-state index is -0.372. The Bertz CT molecular complexity index is 784. The fourth-order valence-corrected chi connectivity index (χ4v) is 3.48. The first-order chi connectivity index (χ1) is 10.3. The van der Waals surface area contributed by atoms with Crippen LogP contribution in [0, 0.1) is 0 Å². The Balaban J connectivity index is 1.77. The van der Waals surface area contributed by atoms with E-state index in [0.717, 1.165) is 21.6 Å². The molecule has 0 unspecified atom stereocenters. The number of hydrogen-bond acceptors (Lipinski definition) is 7. The van der Waals surface area contributed by atoms with Crippen molar-refractivity contribution in [2.75, 3.05) is 0 Å². The van der Waals surface area contributed by atoms with Gasteiger partial charge < -0.3 is 0 Å². The van der Waals surface area contributed by atoms with E-state index in [9.17, 15) is 4.79 Å². The lowest BCUT2D eigenvalue weighted by Gasteiger charge is -2.03. The predicted octanol–water partition coefficient (Wildman–Crippen LogP) is 1.98. The van der Waals surface area contributed by atoms with Crippen LogP contribution in [0.25, 0.3) is 10.9 Å². The molecule has 0 saturated heterocycles. The molecule has 1 aromatic carbocycles. The number of hydrazine groups is 1. The van der Waals surface area contributed by atoms with Crippen molar-refractivity contribution >= 4 is 39.9 Å². The van der Waals surface area contributed by atoms with Gasteiger partial charge >= 0.3 is 0 Å². The molecule has 0 aliphatic carbocycles. The van der Waals surface area contributed by atoms with E-state index in [2.05, 4.69) is 20.4 Å². The summed E-state index contributed by atoms with van der Waals surface area (Å²) in [7, 11) is 0. The highest BCUT2D eigenvalue weighted by Crippen LogP contribution is 2.27. The van der Waals surface area contributed by atoms with Crippen LogP contribution in [0.1, 0.15) is 15.5 Å². The van der Waals surface area contributed by atoms with Gasteiger partial charge in [-0.05, 0) is 6.07 Å². The lowest BCUT2D eigenvalue weighted by atomic mass is 10.2. The molecular formula is C13H11N5OS2. The van der Waals surface area contributed by atoms with Crippen molar-refractivity contribution < 1.29 is 4.79 Å². The SMILES string of the molecule is NNC(=O)c1nc(CSc2ncnc3ccccc23)cs1. The number of rotatable bonds is 4. The number of fused-ring (bicyclic) bond motifs is 1. The Kier molecular flexibility index (Phi) is 4.09. The molecule has 3 aromatic rings. The molecule has 6 nitrogen and oxygen atoms in total. The van der Waals surface area contributed by atoms with E-state index in [1.54, 1.807) is 18.1 Å². The minimum absolute atomic E-state index is 0.362. The van der Waals surface area contributed by atoms with E-state index in [4.69, 9.17) is 5.84 Å². The normalized spacial score (nSPS) is 10.7. The average Bonchev–Trinajstić information content (AvgIpc) is 3.01. The van der Waals surface area contributed by atoms with Crippen LogP contribution in [-0.2, 0) is 5.75 Å². The Labute approximate surface area is 128 Å². The van der Waals surface area contributed by atoms with Crippen molar-refractivity contribution in [1.82, 2.24) is 20.4 Å². The molecule has 0 bridgehead atoms. The van der Waals surface area contributed by atoms with Gasteiger partial charge in [0.2, 0.25) is 0 Å². The third kappa shape index (κ3) is 3.02. The molecule has 3 rings (SSSR count). The Morgan fingerprint density at radius 3 is 3.05 bits per heavy atom. The van der Waals surface area contributed by atoms with E-state index >= 15 is 0 Å². The van der Waals surface area contributed by atoms with E-state index in [1.165, 1.54) is 11.3 Å². The summed E-state index contributed by atoms with van der Waals surface area (Å²) in [4.78, 5) is 24.1. The number of nitrogens with one attached hydrogen (secondary N) is 1. The van der Waals surface area contributed by atoms with Gasteiger partial charge in [0.25, 0.3) is 5.91 Å². The molecule has 1 amide bonds. The second kappa shape index (κ2) is 6.17. The number of thiazole rings is 1. The third-order valence-corrected chi connectivity index (χ3v) is 4.67. The van der Waals surface area contributed by atoms with Gasteiger partial charge in [0.05, 0.1) is 11.2 Å². The fourth-order valence-electron chi connectivity index (χ4n) is 1.78. The van der Waals surface area contributed by atoms with E-state index < -0.39 is 0 Å². The van der Waals surface area contributed by atoms with Crippen LogP contribution in [0.4, 0.5) is 0 Å². The van der Waals surface area contributed by atoms with Gasteiger partial charge in [-0.25, -0.2) is 20.8 Å². The molecule has 21 heavy (non-hydrogen) atoms. The quantitative estimate of drug-likeness (QED) is 0.251. The molecule has 0 radical (unpaired) electrons. The van der Waals surface area contributed by atoms with Gasteiger partial charge in [0.1, 0.15) is 11.4 Å². The highest BCUT2D eigenvalue weighted by Gasteiger charge is 2.10. The summed E-state index contributed by atoms with van der Waals surface area (Å²) >= 11 is 2.84. The molecular weight excluding hydrogens is 306 g/mol. The predicted molar refractivity (Wildman–Crippen MR) is 82.9 cm³/mol. The van der Waals surface area contributed by atoms with Gasteiger partial charge in [-0.2, -0.15) is 0 Å². The summed E-state index contributed by atoms with van der Waals surface area (Å²) < 4.78 is 0. The summed E-state index contributed by atoms with van der Waals surface area (Å²) in [5.41, 5.74) is 3.81. The van der Waals surface area contributed by atoms with Crippen molar-refractivity contribution in [2.45, 2.75) is 10.8 Å². The molecule has 0 fully saturated rings. The average molecular weight is 317 g/mol. The van der Waals surface area contributed by atoms with Crippen molar-refractivity contribution in [3.63, 3.8) is 0 Å². The molecule has 106 valence electrons. The van der Waals surface area contributed by atoms with Gasteiger partial charge in [0, 0.05) is 16.5 Å². The van der Waals surface area contributed by atoms with Crippen LogP contribution in [0.15, 0.2) is 41.0 Å². The summed E-state index contributed by atoms with van der Waals surface area (Å²) in [5.74, 6) is 5.35. The van der Waals surface area contributed by atoms with E-state index in [0.29, 0.717) is 10.8 Å². The number of para-hydroxylation sites is 1. The zero-order chi connectivity index (χ0) is 14.7. The van der Waals surface area contributed by atoms with Crippen LogP contribution < -0.4 is 11.3 Å². The van der Waals surface area contributed by atoms with Gasteiger partial charge in [-0.15, -0.1) is 11.3 Å². The Morgan fingerprint density at radius 1 is 1.33 bits per heavy atom. The third-order valence-electron chi connectivity index (χ3n) is 2.74. The summed E-state index contributed by atoms with van der Waals surface area (Å²) in [6.45, 7) is 0. The number of aromatic nitrogens is 3. The molecule has 0 saturated carbocycles. The Morgan fingerprint density at radius 2 is 2.19 bits per heavy atom. The molecule has 0 spiro atoms. The second-order valence-electron chi connectivity index (χ2n) is 4.10. The molecule has 0 aliphatic heterocycles. The Hall–Kier alpha value is -2.03. The van der Waals surface area contributed by atoms with Gasteiger partial charge in [-0.1, -0.05) is 30.0 Å². The van der Waals surface area contributed by atoms with Crippen LogP contribution in [0.5, 0.6) is 0 Å². The first-order valence-corrected chi connectivity index (χ1v) is 7.92. The molecule has 3 N–H and O–H groups in total. The van der Waals surface area contributed by atoms with Crippen LogP contribution >= 0.6 is 23.1 Å². The standard InChI is InChI=1S/C13H11N5OS2/c14-18-11(19)13-17-8(6-21-13)5-20-12-9-3-1-2-4-10(9)15-7-16-12/h1-4,6-7H,5,14H2,(H,18,19). The topological polar surface area (TPSA) is 93.8 Å². The number of nitrogens with zero attached hydrogens (tertiary/aromatic N) is 3. The minimum Gasteiger partial charge on any atom is -0.288 e. The molecule has 2 heterocycles. The molecule has 0 atom stereocenters. The largest absolute Gasteiger partial charge is 0.294 e. The van der Waals surface area contributed by atoms with Crippen molar-refractivity contribution in [3.05, 3.63) is 46.7 Å². The maximum atomic E-state index is 11.4. The first-order valence-electron chi connectivity index (χ1n) is 6.06. The number of thioether (sulfide) groups is 1. The van der Waals surface area contributed by atoms with Crippen LogP contribution in [0.3, 0.4) is 0 Å². The monoisotopic (exact) mass is 317 g/mol. The van der Waals surface area contributed by atoms with Crippen LogP contribution in [0.2, 0.25) is 0 Å². The van der Waals surface area contributed by atoms with Crippen molar-refractivity contribution in [2.24, 2.45) is 5.84 Å². The second-order valence-corrected chi connectivity index (χ2v) is 5.92. The number of nitrogens with two attached hydrogens (primary N) is 1. The van der Waals surface area contributed by atoms with Crippen LogP contribution in [-0.4, -0.2) is 20.9 Å². The zero-order valence-corrected chi connectivity index (χ0v) is 12.4. The molecule has 0 aliphatic rings. The molecule has 2 aromatic heterocycles. The van der Waals surface area contributed by atoms with Crippen molar-refractivity contribution in [3.8, 4) is 0 Å². The smallest absolute Gasteiger partial charge is 0.288 e. The highest BCUT2D eigenvalue weighted by molar-refractivity contribution is 7.98. The maximum absolute atomic E-state index is 11.4.